The third kappa shape index (κ3) is 8.72. The van der Waals surface area contributed by atoms with Gasteiger partial charge in [0.25, 0.3) is 0 Å². The van der Waals surface area contributed by atoms with Gasteiger partial charge in [-0.25, -0.2) is 4.79 Å². The first-order valence-electron chi connectivity index (χ1n) is 17.8. The Morgan fingerprint density at radius 1 is 0.929 bits per heavy atom. The smallest absolute Gasteiger partial charge is 0.330 e. The average molecular weight is 787 g/mol. The summed E-state index contributed by atoms with van der Waals surface area (Å²) in [7, 11) is 2.87. The normalized spacial score (nSPS) is 29.9. The summed E-state index contributed by atoms with van der Waals surface area (Å²) in [6.45, 7) is -2.14. The van der Waals surface area contributed by atoms with Gasteiger partial charge >= 0.3 is 5.97 Å². The molecule has 3 heterocycles. The van der Waals surface area contributed by atoms with E-state index in [9.17, 15) is 45.6 Å². The van der Waals surface area contributed by atoms with Gasteiger partial charge in [0.2, 0.25) is 0 Å². The molecule has 0 aliphatic carbocycles. The first kappa shape index (κ1) is 41.1. The molecule has 6 rings (SSSR count). The summed E-state index contributed by atoms with van der Waals surface area (Å²) in [4.78, 5) is 12.8. The lowest BCUT2D eigenvalue weighted by Crippen LogP contribution is -2.61. The summed E-state index contributed by atoms with van der Waals surface area (Å²) in [5.41, 5.74) is 0.440. The SMILES string of the molecule is COc1cc([C@@H]2Oc3c(OC)cc(C=CC(=O)OC[C@@]4(O)CO[C@@H](O[C@H]5[C@H](OCCc6ccc(O)cc6)O[C@H](CO)[C@@H](O)[C@@H]5O)[C@@H]4O)cc3[C@H]2CO)ccc1O. The minimum Gasteiger partial charge on any atom is -0.508 e. The molecular weight excluding hydrogens is 740 g/mol. The van der Waals surface area contributed by atoms with Crippen LogP contribution in [0.5, 0.6) is 28.7 Å². The number of ether oxygens (including phenoxy) is 8. The number of hydrogen-bond donors (Lipinski definition) is 8. The Morgan fingerprint density at radius 2 is 1.68 bits per heavy atom. The molecule has 0 amide bonds. The number of fused-ring (bicyclic) bond motifs is 1. The zero-order valence-corrected chi connectivity index (χ0v) is 30.5. The molecule has 0 saturated carbocycles. The minimum atomic E-state index is -2.13. The fourth-order valence-electron chi connectivity index (χ4n) is 6.78. The van der Waals surface area contributed by atoms with Crippen LogP contribution in [0.1, 0.15) is 34.3 Å². The van der Waals surface area contributed by atoms with E-state index in [-0.39, 0.29) is 30.5 Å². The summed E-state index contributed by atoms with van der Waals surface area (Å²) >= 11 is 0. The van der Waals surface area contributed by atoms with Crippen LogP contribution >= 0.6 is 0 Å². The molecule has 0 radical (unpaired) electrons. The second-order valence-electron chi connectivity index (χ2n) is 13.7. The van der Waals surface area contributed by atoms with Crippen LogP contribution in [0.15, 0.2) is 60.7 Å². The molecule has 0 aromatic heterocycles. The first-order chi connectivity index (χ1) is 26.9. The van der Waals surface area contributed by atoms with E-state index in [1.807, 2.05) is 0 Å². The van der Waals surface area contributed by atoms with Crippen molar-refractivity contribution in [1.29, 1.82) is 0 Å². The van der Waals surface area contributed by atoms with E-state index in [2.05, 4.69) is 0 Å². The average Bonchev–Trinajstić information content (AvgIpc) is 3.72. The minimum absolute atomic E-state index is 0.0434. The van der Waals surface area contributed by atoms with Gasteiger partial charge in [-0.15, -0.1) is 0 Å². The maximum atomic E-state index is 12.8. The van der Waals surface area contributed by atoms with Crippen LogP contribution in [0.2, 0.25) is 0 Å². The molecule has 56 heavy (non-hydrogen) atoms. The molecular formula is C39H46O17. The van der Waals surface area contributed by atoms with Crippen molar-refractivity contribution in [3.05, 3.63) is 82.9 Å². The van der Waals surface area contributed by atoms with Crippen molar-refractivity contribution < 1.29 is 83.5 Å². The van der Waals surface area contributed by atoms with E-state index in [0.717, 1.165) is 11.6 Å². The van der Waals surface area contributed by atoms with Crippen LogP contribution in [0.4, 0.5) is 0 Å². The Balaban J connectivity index is 1.07. The molecule has 3 aromatic carbocycles. The number of aliphatic hydroxyl groups excluding tert-OH is 5. The van der Waals surface area contributed by atoms with Crippen molar-refractivity contribution in [3.63, 3.8) is 0 Å². The summed E-state index contributed by atoms with van der Waals surface area (Å²) in [6, 6.07) is 14.5. The standard InChI is InChI=1S/C39H46O17/c1-49-27-15-22(6-9-26(27)43)33-25(16-40)24-13-21(14-28(50-2)34(24)55-33)5-10-30(44)52-18-39(48)19-53-38(36(39)47)56-35-32(46)31(45)29(17-41)54-37(35)51-12-11-20-3-7-23(42)8-4-20/h3-10,13-15,25,29,31-33,35-38,40-43,45-48H,11-12,16-19H2,1-2H3/t25-,29-,31-,32+,33+,35-,36+,37-,38+,39-/m1/s1. The molecule has 17 nitrogen and oxygen atoms in total. The van der Waals surface area contributed by atoms with E-state index < -0.39 is 86.5 Å². The number of hydrogen-bond acceptors (Lipinski definition) is 17. The lowest BCUT2D eigenvalue weighted by atomic mass is 9.90. The van der Waals surface area contributed by atoms with Crippen LogP contribution < -0.4 is 14.2 Å². The number of aliphatic hydroxyl groups is 6. The van der Waals surface area contributed by atoms with Gasteiger partial charge in [-0.2, -0.15) is 0 Å². The first-order valence-corrected chi connectivity index (χ1v) is 17.8. The van der Waals surface area contributed by atoms with Crippen molar-refractivity contribution in [3.8, 4) is 28.7 Å². The van der Waals surface area contributed by atoms with Gasteiger partial charge in [-0.05, 0) is 65.6 Å². The highest BCUT2D eigenvalue weighted by molar-refractivity contribution is 5.87. The van der Waals surface area contributed by atoms with Gasteiger partial charge in [-0.1, -0.05) is 18.2 Å². The predicted molar refractivity (Wildman–Crippen MR) is 192 cm³/mol. The van der Waals surface area contributed by atoms with Crippen LogP contribution in [-0.4, -0.2) is 143 Å². The van der Waals surface area contributed by atoms with Gasteiger partial charge in [-0.3, -0.25) is 0 Å². The fraction of sp³-hybridized carbons (Fsp3) is 0.462. The maximum absolute atomic E-state index is 12.8. The number of carbonyl (C=O) groups is 1. The summed E-state index contributed by atoms with van der Waals surface area (Å²) < 4.78 is 45.0. The number of benzene rings is 3. The number of aromatic hydroxyl groups is 2. The molecule has 3 aromatic rings. The zero-order valence-electron chi connectivity index (χ0n) is 30.5. The summed E-state index contributed by atoms with van der Waals surface area (Å²) in [6.07, 6.45) is -8.36. The van der Waals surface area contributed by atoms with Gasteiger partial charge in [0, 0.05) is 11.6 Å². The Labute approximate surface area is 321 Å². The zero-order chi connectivity index (χ0) is 40.1. The molecule has 0 unspecified atom stereocenters. The van der Waals surface area contributed by atoms with E-state index in [4.69, 9.17) is 37.9 Å². The number of esters is 1. The third-order valence-corrected chi connectivity index (χ3v) is 9.97. The number of phenols is 2. The van der Waals surface area contributed by atoms with Gasteiger partial charge in [0.1, 0.15) is 49.0 Å². The number of rotatable bonds is 15. The summed E-state index contributed by atoms with van der Waals surface area (Å²) in [5.74, 6) is -0.387. The molecule has 2 fully saturated rings. The van der Waals surface area contributed by atoms with Crippen LogP contribution in [0.3, 0.4) is 0 Å². The Hall–Kier alpha value is -4.53. The molecule has 3 aliphatic rings. The molecule has 0 spiro atoms. The third-order valence-electron chi connectivity index (χ3n) is 9.97. The van der Waals surface area contributed by atoms with E-state index in [1.165, 1.54) is 38.5 Å². The van der Waals surface area contributed by atoms with Crippen LogP contribution in [0, 0.1) is 0 Å². The molecule has 10 atom stereocenters. The topological polar surface area (TPSA) is 253 Å². The molecule has 17 heteroatoms. The largest absolute Gasteiger partial charge is 0.508 e. The highest BCUT2D eigenvalue weighted by Crippen LogP contribution is 2.51. The number of phenolic OH excluding ortho intramolecular Hbond substituents is 2. The lowest BCUT2D eigenvalue weighted by molar-refractivity contribution is -0.335. The Kier molecular flexibility index (Phi) is 13.0. The van der Waals surface area contributed by atoms with Crippen molar-refractivity contribution in [1.82, 2.24) is 0 Å². The van der Waals surface area contributed by atoms with Gasteiger partial charge in [0.15, 0.2) is 41.2 Å². The molecule has 8 N–H and O–H groups in total. The second-order valence-corrected chi connectivity index (χ2v) is 13.7. The predicted octanol–water partition coefficient (Wildman–Crippen LogP) is 0.413. The molecule has 3 aliphatic heterocycles. The van der Waals surface area contributed by atoms with E-state index in [0.29, 0.717) is 34.6 Å². The van der Waals surface area contributed by atoms with E-state index >= 15 is 0 Å². The van der Waals surface area contributed by atoms with E-state index in [1.54, 1.807) is 36.4 Å². The highest BCUT2D eigenvalue weighted by Gasteiger charge is 2.54. The lowest BCUT2D eigenvalue weighted by Gasteiger charge is -2.42. The highest BCUT2D eigenvalue weighted by atomic mass is 16.8. The summed E-state index contributed by atoms with van der Waals surface area (Å²) in [5, 5.41) is 83.2. The number of methoxy groups -OCH3 is 2. The Morgan fingerprint density at radius 3 is 2.38 bits per heavy atom. The second kappa shape index (κ2) is 17.7. The molecule has 0 bridgehead atoms. The van der Waals surface area contributed by atoms with Gasteiger partial charge < -0.3 is 78.7 Å². The quantitative estimate of drug-likeness (QED) is 0.0767. The van der Waals surface area contributed by atoms with Crippen molar-refractivity contribution in [2.24, 2.45) is 0 Å². The van der Waals surface area contributed by atoms with Gasteiger partial charge in [0.05, 0.1) is 46.6 Å². The van der Waals surface area contributed by atoms with Crippen LogP contribution in [0.25, 0.3) is 6.08 Å². The van der Waals surface area contributed by atoms with Crippen molar-refractivity contribution in [2.75, 3.05) is 47.3 Å². The molecule has 2 saturated heterocycles. The number of carbonyl (C=O) groups excluding carboxylic acids is 1. The van der Waals surface area contributed by atoms with Crippen molar-refractivity contribution in [2.45, 2.75) is 67.1 Å². The molecule has 304 valence electrons. The van der Waals surface area contributed by atoms with Crippen LogP contribution in [-0.2, 0) is 34.9 Å². The van der Waals surface area contributed by atoms with Crippen molar-refractivity contribution >= 4 is 12.0 Å². The fourth-order valence-corrected chi connectivity index (χ4v) is 6.78. The maximum Gasteiger partial charge on any atom is 0.330 e. The monoisotopic (exact) mass is 786 g/mol. The Bertz CT molecular complexity index is 1830.